The molecule has 0 atom stereocenters. The fraction of sp³-hybridized carbons (Fsp3) is 0.786. The van der Waals surface area contributed by atoms with Crippen molar-refractivity contribution in [1.29, 1.82) is 0 Å². The molecule has 0 rings (SSSR count). The molecule has 0 radical (unpaired) electrons. The standard InChI is InChI=1S/C14H26N2O5/c1-5-11(6-2)16(7-10(3)4)14(21)15(8-12(17)18)9-13(19)20/h10-11H,5-9H2,1-4H3,(H,17,18)(H,19,20). The van der Waals surface area contributed by atoms with Crippen molar-refractivity contribution in [2.24, 2.45) is 5.92 Å². The number of hydrogen-bond donors (Lipinski definition) is 2. The molecule has 7 heteroatoms. The van der Waals surface area contributed by atoms with Gasteiger partial charge in [-0.1, -0.05) is 27.7 Å². The predicted molar refractivity (Wildman–Crippen MR) is 78.2 cm³/mol. The Kier molecular flexibility index (Phi) is 8.42. The number of carboxylic acid groups (broad SMARTS) is 2. The molecule has 0 bridgehead atoms. The minimum atomic E-state index is -1.22. The van der Waals surface area contributed by atoms with Gasteiger partial charge in [0.2, 0.25) is 0 Å². The van der Waals surface area contributed by atoms with E-state index in [1.54, 1.807) is 4.90 Å². The van der Waals surface area contributed by atoms with Crippen LogP contribution in [-0.4, -0.2) is 63.7 Å². The molecule has 21 heavy (non-hydrogen) atoms. The molecule has 0 fully saturated rings. The first-order chi connectivity index (χ1) is 9.72. The third-order valence-electron chi connectivity index (χ3n) is 3.11. The molecule has 0 heterocycles. The molecule has 0 aromatic heterocycles. The topological polar surface area (TPSA) is 98.2 Å². The summed E-state index contributed by atoms with van der Waals surface area (Å²) < 4.78 is 0. The van der Waals surface area contributed by atoms with Crippen LogP contribution in [-0.2, 0) is 9.59 Å². The van der Waals surface area contributed by atoms with E-state index in [1.165, 1.54) is 0 Å². The second-order valence-corrected chi connectivity index (χ2v) is 5.44. The van der Waals surface area contributed by atoms with Gasteiger partial charge in [0.05, 0.1) is 0 Å². The van der Waals surface area contributed by atoms with Crippen molar-refractivity contribution >= 4 is 18.0 Å². The summed E-state index contributed by atoms with van der Waals surface area (Å²) in [6, 6.07) is -0.549. The number of aliphatic carboxylic acids is 2. The van der Waals surface area contributed by atoms with Gasteiger partial charge in [-0.3, -0.25) is 9.59 Å². The highest BCUT2D eigenvalue weighted by molar-refractivity contribution is 5.84. The number of hydrogen-bond acceptors (Lipinski definition) is 3. The highest BCUT2D eigenvalue weighted by Crippen LogP contribution is 2.14. The number of rotatable bonds is 9. The second kappa shape index (κ2) is 9.20. The van der Waals surface area contributed by atoms with Crippen LogP contribution in [0, 0.1) is 5.92 Å². The maximum atomic E-state index is 12.5. The first kappa shape index (κ1) is 19.2. The number of carbonyl (C=O) groups excluding carboxylic acids is 1. The third kappa shape index (κ3) is 6.97. The quantitative estimate of drug-likeness (QED) is 0.676. The van der Waals surface area contributed by atoms with E-state index < -0.39 is 31.1 Å². The van der Waals surface area contributed by atoms with Gasteiger partial charge in [-0.15, -0.1) is 0 Å². The van der Waals surface area contributed by atoms with E-state index in [2.05, 4.69) is 0 Å². The SMILES string of the molecule is CCC(CC)N(CC(C)C)C(=O)N(CC(=O)O)CC(=O)O. The fourth-order valence-electron chi connectivity index (χ4n) is 2.21. The Morgan fingerprint density at radius 2 is 1.38 bits per heavy atom. The van der Waals surface area contributed by atoms with E-state index in [4.69, 9.17) is 10.2 Å². The zero-order valence-electron chi connectivity index (χ0n) is 13.2. The van der Waals surface area contributed by atoms with Crippen molar-refractivity contribution < 1.29 is 24.6 Å². The molecule has 7 nitrogen and oxygen atoms in total. The lowest BCUT2D eigenvalue weighted by Crippen LogP contribution is -2.51. The molecule has 0 saturated heterocycles. The van der Waals surface area contributed by atoms with E-state index in [9.17, 15) is 14.4 Å². The Bertz CT molecular complexity index is 350. The van der Waals surface area contributed by atoms with Gasteiger partial charge < -0.3 is 20.0 Å². The van der Waals surface area contributed by atoms with Crippen molar-refractivity contribution in [3.8, 4) is 0 Å². The van der Waals surface area contributed by atoms with Gasteiger partial charge in [-0.05, 0) is 18.8 Å². The summed E-state index contributed by atoms with van der Waals surface area (Å²) >= 11 is 0. The Balaban J connectivity index is 5.24. The molecule has 0 aliphatic heterocycles. The zero-order valence-corrected chi connectivity index (χ0v) is 13.2. The average molecular weight is 302 g/mol. The summed E-state index contributed by atoms with van der Waals surface area (Å²) in [5.74, 6) is -2.23. The minimum Gasteiger partial charge on any atom is -0.480 e. The first-order valence-electron chi connectivity index (χ1n) is 7.21. The van der Waals surface area contributed by atoms with Gasteiger partial charge in [-0.2, -0.15) is 0 Å². The Hall–Kier alpha value is -1.79. The van der Waals surface area contributed by atoms with E-state index in [0.29, 0.717) is 6.54 Å². The first-order valence-corrected chi connectivity index (χ1v) is 7.21. The number of carbonyl (C=O) groups is 3. The summed E-state index contributed by atoms with van der Waals surface area (Å²) in [5.41, 5.74) is 0. The van der Waals surface area contributed by atoms with Crippen LogP contribution in [0.15, 0.2) is 0 Å². The minimum absolute atomic E-state index is 0.0232. The second-order valence-electron chi connectivity index (χ2n) is 5.44. The lowest BCUT2D eigenvalue weighted by molar-refractivity contribution is -0.140. The van der Waals surface area contributed by atoms with Crippen LogP contribution in [0.5, 0.6) is 0 Å². The van der Waals surface area contributed by atoms with E-state index in [-0.39, 0.29) is 12.0 Å². The van der Waals surface area contributed by atoms with Crippen molar-refractivity contribution in [2.45, 2.75) is 46.6 Å². The predicted octanol–water partition coefficient (Wildman–Crippen LogP) is 1.72. The molecule has 0 aromatic rings. The van der Waals surface area contributed by atoms with E-state index >= 15 is 0 Å². The molecule has 0 saturated carbocycles. The maximum Gasteiger partial charge on any atom is 0.323 e. The normalized spacial score (nSPS) is 10.8. The Morgan fingerprint density at radius 1 is 0.952 bits per heavy atom. The van der Waals surface area contributed by atoms with Gasteiger partial charge in [0.1, 0.15) is 13.1 Å². The molecule has 0 aliphatic carbocycles. The van der Waals surface area contributed by atoms with Gasteiger partial charge in [0.15, 0.2) is 0 Å². The van der Waals surface area contributed by atoms with Crippen LogP contribution < -0.4 is 0 Å². The Labute approximate surface area is 125 Å². The third-order valence-corrected chi connectivity index (χ3v) is 3.11. The molecule has 2 N–H and O–H groups in total. The van der Waals surface area contributed by atoms with E-state index in [0.717, 1.165) is 17.7 Å². The largest absolute Gasteiger partial charge is 0.480 e. The van der Waals surface area contributed by atoms with Crippen LogP contribution in [0.1, 0.15) is 40.5 Å². The van der Waals surface area contributed by atoms with Crippen molar-refractivity contribution in [1.82, 2.24) is 9.80 Å². The zero-order chi connectivity index (χ0) is 16.6. The van der Waals surface area contributed by atoms with Crippen LogP contribution in [0.4, 0.5) is 4.79 Å². The van der Waals surface area contributed by atoms with Crippen molar-refractivity contribution in [2.75, 3.05) is 19.6 Å². The maximum absolute atomic E-state index is 12.5. The van der Waals surface area contributed by atoms with E-state index in [1.807, 2.05) is 27.7 Å². The van der Waals surface area contributed by atoms with Gasteiger partial charge in [0, 0.05) is 12.6 Å². The highest BCUT2D eigenvalue weighted by atomic mass is 16.4. The molecule has 122 valence electrons. The number of amides is 2. The van der Waals surface area contributed by atoms with Crippen molar-refractivity contribution in [3.63, 3.8) is 0 Å². The molecule has 2 amide bonds. The van der Waals surface area contributed by atoms with Crippen LogP contribution >= 0.6 is 0 Å². The summed E-state index contributed by atoms with van der Waals surface area (Å²) in [6.45, 7) is 7.07. The fourth-order valence-corrected chi connectivity index (χ4v) is 2.21. The number of nitrogens with zero attached hydrogens (tertiary/aromatic N) is 2. The molecule has 0 aliphatic rings. The summed E-state index contributed by atoms with van der Waals surface area (Å²) in [6.07, 6.45) is 1.48. The molecule has 0 aromatic carbocycles. The monoisotopic (exact) mass is 302 g/mol. The summed E-state index contributed by atoms with van der Waals surface area (Å²) in [7, 11) is 0. The Morgan fingerprint density at radius 3 is 1.67 bits per heavy atom. The summed E-state index contributed by atoms with van der Waals surface area (Å²) in [5, 5.41) is 17.7. The molecular weight excluding hydrogens is 276 g/mol. The van der Waals surface area contributed by atoms with Gasteiger partial charge in [0.25, 0.3) is 0 Å². The van der Waals surface area contributed by atoms with Crippen LogP contribution in [0.3, 0.4) is 0 Å². The number of carboxylic acids is 2. The molecular formula is C14H26N2O5. The highest BCUT2D eigenvalue weighted by Gasteiger charge is 2.28. The molecule has 0 spiro atoms. The van der Waals surface area contributed by atoms with Crippen LogP contribution in [0.2, 0.25) is 0 Å². The molecule has 0 unspecified atom stereocenters. The van der Waals surface area contributed by atoms with Crippen LogP contribution in [0.25, 0.3) is 0 Å². The smallest absolute Gasteiger partial charge is 0.323 e. The van der Waals surface area contributed by atoms with Crippen molar-refractivity contribution in [3.05, 3.63) is 0 Å². The lowest BCUT2D eigenvalue weighted by atomic mass is 10.1. The average Bonchev–Trinajstić information content (AvgIpc) is 2.35. The summed E-state index contributed by atoms with van der Waals surface area (Å²) in [4.78, 5) is 36.7. The van der Waals surface area contributed by atoms with Gasteiger partial charge in [-0.25, -0.2) is 4.79 Å². The lowest BCUT2D eigenvalue weighted by Gasteiger charge is -2.35. The number of urea groups is 1. The van der Waals surface area contributed by atoms with Gasteiger partial charge >= 0.3 is 18.0 Å².